The summed E-state index contributed by atoms with van der Waals surface area (Å²) < 4.78 is 0. The summed E-state index contributed by atoms with van der Waals surface area (Å²) in [7, 11) is 0. The van der Waals surface area contributed by atoms with Crippen LogP contribution in [-0.2, 0) is 0 Å². The summed E-state index contributed by atoms with van der Waals surface area (Å²) in [6.45, 7) is 5.96. The first-order valence-corrected chi connectivity index (χ1v) is 5.76. The molecule has 1 heterocycles. The van der Waals surface area contributed by atoms with Gasteiger partial charge in [0.1, 0.15) is 5.82 Å². The zero-order chi connectivity index (χ0) is 12.0. The Morgan fingerprint density at radius 2 is 2.31 bits per heavy atom. The van der Waals surface area contributed by atoms with Crippen LogP contribution in [0.3, 0.4) is 0 Å². The third-order valence-corrected chi connectivity index (χ3v) is 2.59. The molecule has 0 aliphatic carbocycles. The minimum Gasteiger partial charge on any atom is -0.396 e. The molecule has 3 N–H and O–H groups in total. The van der Waals surface area contributed by atoms with Gasteiger partial charge in [0.05, 0.1) is 0 Å². The van der Waals surface area contributed by atoms with Crippen molar-refractivity contribution in [3.05, 3.63) is 23.9 Å². The molecule has 1 aromatic heterocycles. The number of aliphatic hydroxyl groups is 1. The predicted octanol–water partition coefficient (Wildman–Crippen LogP) is 1.31. The Labute approximate surface area is 97.1 Å². The number of aromatic nitrogens is 1. The quantitative estimate of drug-likeness (QED) is 0.763. The average molecular weight is 223 g/mol. The average Bonchev–Trinajstić information content (AvgIpc) is 2.30. The molecule has 0 spiro atoms. The van der Waals surface area contributed by atoms with Crippen LogP contribution >= 0.6 is 0 Å². The SMILES string of the molecule is CCN(CCCO)c1cc(C(C)N)ccn1. The van der Waals surface area contributed by atoms with E-state index in [0.717, 1.165) is 30.9 Å². The maximum Gasteiger partial charge on any atom is 0.128 e. The van der Waals surface area contributed by atoms with Gasteiger partial charge in [-0.3, -0.25) is 0 Å². The molecular formula is C12H21N3O. The second kappa shape index (κ2) is 6.45. The highest BCUT2D eigenvalue weighted by atomic mass is 16.3. The molecular weight excluding hydrogens is 202 g/mol. The Morgan fingerprint density at radius 3 is 2.88 bits per heavy atom. The van der Waals surface area contributed by atoms with Crippen molar-refractivity contribution in [2.45, 2.75) is 26.3 Å². The fourth-order valence-electron chi connectivity index (χ4n) is 1.59. The summed E-state index contributed by atoms with van der Waals surface area (Å²) in [5, 5.41) is 8.83. The Bertz CT molecular complexity index is 315. The number of aliphatic hydroxyl groups excluding tert-OH is 1. The van der Waals surface area contributed by atoms with Crippen LogP contribution in [-0.4, -0.2) is 29.8 Å². The molecule has 0 saturated carbocycles. The topological polar surface area (TPSA) is 62.4 Å². The summed E-state index contributed by atoms with van der Waals surface area (Å²) in [6, 6.07) is 3.98. The first kappa shape index (κ1) is 12.9. The van der Waals surface area contributed by atoms with Gasteiger partial charge < -0.3 is 15.7 Å². The van der Waals surface area contributed by atoms with Crippen LogP contribution < -0.4 is 10.6 Å². The van der Waals surface area contributed by atoms with Gasteiger partial charge in [-0.2, -0.15) is 0 Å². The van der Waals surface area contributed by atoms with Crippen molar-refractivity contribution in [2.24, 2.45) is 5.73 Å². The molecule has 0 aliphatic rings. The van der Waals surface area contributed by atoms with Crippen molar-refractivity contribution in [1.82, 2.24) is 4.98 Å². The van der Waals surface area contributed by atoms with Crippen LogP contribution in [0, 0.1) is 0 Å². The molecule has 0 radical (unpaired) electrons. The van der Waals surface area contributed by atoms with Crippen LogP contribution in [0.15, 0.2) is 18.3 Å². The molecule has 0 aliphatic heterocycles. The lowest BCUT2D eigenvalue weighted by Gasteiger charge is -2.22. The molecule has 1 aromatic rings. The number of anilines is 1. The summed E-state index contributed by atoms with van der Waals surface area (Å²) in [6.07, 6.45) is 2.55. The van der Waals surface area contributed by atoms with Gasteiger partial charge in [0.15, 0.2) is 0 Å². The number of hydrogen-bond donors (Lipinski definition) is 2. The van der Waals surface area contributed by atoms with Crippen molar-refractivity contribution >= 4 is 5.82 Å². The first-order valence-electron chi connectivity index (χ1n) is 5.76. The second-order valence-corrected chi connectivity index (χ2v) is 3.89. The third-order valence-electron chi connectivity index (χ3n) is 2.59. The lowest BCUT2D eigenvalue weighted by molar-refractivity contribution is 0.289. The summed E-state index contributed by atoms with van der Waals surface area (Å²) in [5.41, 5.74) is 6.93. The van der Waals surface area contributed by atoms with E-state index >= 15 is 0 Å². The van der Waals surface area contributed by atoms with Crippen LogP contribution in [0.5, 0.6) is 0 Å². The van der Waals surface area contributed by atoms with E-state index in [0.29, 0.717) is 0 Å². The molecule has 0 amide bonds. The van der Waals surface area contributed by atoms with Gasteiger partial charge in [0.25, 0.3) is 0 Å². The number of pyridine rings is 1. The second-order valence-electron chi connectivity index (χ2n) is 3.89. The molecule has 0 aromatic carbocycles. The molecule has 4 nitrogen and oxygen atoms in total. The van der Waals surface area contributed by atoms with E-state index in [1.54, 1.807) is 6.20 Å². The zero-order valence-corrected chi connectivity index (χ0v) is 10.1. The fraction of sp³-hybridized carbons (Fsp3) is 0.583. The summed E-state index contributed by atoms with van der Waals surface area (Å²) in [5.74, 6) is 0.936. The van der Waals surface area contributed by atoms with E-state index < -0.39 is 0 Å². The normalized spacial score (nSPS) is 12.5. The maximum atomic E-state index is 8.83. The van der Waals surface area contributed by atoms with Crippen LogP contribution in [0.4, 0.5) is 5.82 Å². The molecule has 1 unspecified atom stereocenters. The van der Waals surface area contributed by atoms with Crippen LogP contribution in [0.25, 0.3) is 0 Å². The lowest BCUT2D eigenvalue weighted by atomic mass is 10.1. The Hall–Kier alpha value is -1.13. The third kappa shape index (κ3) is 3.47. The van der Waals surface area contributed by atoms with E-state index in [1.807, 2.05) is 19.1 Å². The van der Waals surface area contributed by atoms with Gasteiger partial charge >= 0.3 is 0 Å². The Morgan fingerprint density at radius 1 is 1.56 bits per heavy atom. The molecule has 1 atom stereocenters. The smallest absolute Gasteiger partial charge is 0.128 e. The number of rotatable bonds is 6. The van der Waals surface area contributed by atoms with Crippen LogP contribution in [0.2, 0.25) is 0 Å². The van der Waals surface area contributed by atoms with Crippen molar-refractivity contribution in [2.75, 3.05) is 24.6 Å². The summed E-state index contributed by atoms with van der Waals surface area (Å²) in [4.78, 5) is 6.48. The lowest BCUT2D eigenvalue weighted by Crippen LogP contribution is -2.25. The number of nitrogens with two attached hydrogens (primary N) is 1. The minimum absolute atomic E-state index is 0.0262. The van der Waals surface area contributed by atoms with Crippen LogP contribution in [0.1, 0.15) is 31.9 Å². The molecule has 1 rings (SSSR count). The highest BCUT2D eigenvalue weighted by Crippen LogP contribution is 2.16. The van der Waals surface area contributed by atoms with E-state index in [1.165, 1.54) is 0 Å². The highest BCUT2D eigenvalue weighted by Gasteiger charge is 2.07. The predicted molar refractivity (Wildman–Crippen MR) is 66.4 cm³/mol. The Kier molecular flexibility index (Phi) is 5.22. The molecule has 90 valence electrons. The monoisotopic (exact) mass is 223 g/mol. The number of hydrogen-bond acceptors (Lipinski definition) is 4. The van der Waals surface area contributed by atoms with Crippen molar-refractivity contribution in [3.8, 4) is 0 Å². The van der Waals surface area contributed by atoms with E-state index in [9.17, 15) is 0 Å². The van der Waals surface area contributed by atoms with Crippen molar-refractivity contribution in [3.63, 3.8) is 0 Å². The first-order chi connectivity index (χ1) is 7.69. The molecule has 0 bridgehead atoms. The van der Waals surface area contributed by atoms with Gasteiger partial charge in [-0.15, -0.1) is 0 Å². The van der Waals surface area contributed by atoms with Gasteiger partial charge in [-0.05, 0) is 38.0 Å². The van der Waals surface area contributed by atoms with E-state index in [4.69, 9.17) is 10.8 Å². The van der Waals surface area contributed by atoms with E-state index in [-0.39, 0.29) is 12.6 Å². The van der Waals surface area contributed by atoms with Gasteiger partial charge in [0.2, 0.25) is 0 Å². The molecule has 16 heavy (non-hydrogen) atoms. The fourth-order valence-corrected chi connectivity index (χ4v) is 1.59. The van der Waals surface area contributed by atoms with Gasteiger partial charge in [-0.25, -0.2) is 4.98 Å². The number of nitrogens with zero attached hydrogens (tertiary/aromatic N) is 2. The van der Waals surface area contributed by atoms with Gasteiger partial charge in [-0.1, -0.05) is 0 Å². The van der Waals surface area contributed by atoms with E-state index in [2.05, 4.69) is 16.8 Å². The zero-order valence-electron chi connectivity index (χ0n) is 10.1. The largest absolute Gasteiger partial charge is 0.396 e. The Balaban J connectivity index is 2.79. The standard InChI is InChI=1S/C12H21N3O/c1-3-15(7-4-8-16)12-9-11(10(2)13)5-6-14-12/h5-6,9-10,16H,3-4,7-8,13H2,1-2H3. The summed E-state index contributed by atoms with van der Waals surface area (Å²) >= 11 is 0. The maximum absolute atomic E-state index is 8.83. The van der Waals surface area contributed by atoms with Gasteiger partial charge in [0, 0.05) is 31.9 Å². The molecule has 4 heteroatoms. The van der Waals surface area contributed by atoms with Crippen molar-refractivity contribution in [1.29, 1.82) is 0 Å². The highest BCUT2D eigenvalue weighted by molar-refractivity contribution is 5.41. The van der Waals surface area contributed by atoms with Crippen molar-refractivity contribution < 1.29 is 5.11 Å². The minimum atomic E-state index is 0.0262. The molecule has 0 saturated heterocycles. The molecule has 0 fully saturated rings.